The second-order valence-corrected chi connectivity index (χ2v) is 10.1. The number of aryl methyl sites for hydroxylation is 2. The molecule has 0 unspecified atom stereocenters. The van der Waals surface area contributed by atoms with Gasteiger partial charge in [-0.05, 0) is 51.7 Å². The van der Waals surface area contributed by atoms with Crippen molar-refractivity contribution in [3.8, 4) is 0 Å². The van der Waals surface area contributed by atoms with Crippen molar-refractivity contribution in [2.75, 3.05) is 5.32 Å². The number of pyridine rings is 1. The molecular formula is C25H28N4OS. The number of nitrogens with one attached hydrogen (secondary N) is 1. The van der Waals surface area contributed by atoms with E-state index >= 15 is 0 Å². The second-order valence-electron chi connectivity index (χ2n) is 9.13. The topological polar surface area (TPSA) is 59.9 Å². The van der Waals surface area contributed by atoms with Gasteiger partial charge in [-0.1, -0.05) is 30.3 Å². The van der Waals surface area contributed by atoms with Gasteiger partial charge in [0.05, 0.1) is 22.4 Å². The molecule has 31 heavy (non-hydrogen) atoms. The number of aromatic nitrogens is 3. The summed E-state index contributed by atoms with van der Waals surface area (Å²) in [7, 11) is 0. The third-order valence-corrected chi connectivity index (χ3v) is 7.21. The van der Waals surface area contributed by atoms with Crippen molar-refractivity contribution >= 4 is 37.6 Å². The van der Waals surface area contributed by atoms with Crippen LogP contribution in [0.15, 0.2) is 36.7 Å². The zero-order valence-electron chi connectivity index (χ0n) is 18.5. The Morgan fingerprint density at radius 3 is 2.77 bits per heavy atom. The van der Waals surface area contributed by atoms with Crippen molar-refractivity contribution in [3.05, 3.63) is 59.0 Å². The maximum absolute atomic E-state index is 6.07. The Morgan fingerprint density at radius 2 is 1.97 bits per heavy atom. The van der Waals surface area contributed by atoms with Crippen LogP contribution < -0.4 is 5.32 Å². The van der Waals surface area contributed by atoms with E-state index in [2.05, 4.69) is 68.3 Å². The fourth-order valence-corrected chi connectivity index (χ4v) is 5.56. The summed E-state index contributed by atoms with van der Waals surface area (Å²) < 4.78 is 7.16. The first-order valence-corrected chi connectivity index (χ1v) is 11.7. The standard InChI is InChI=1S/C25H28N4OS/c1-15(10-11-17-8-6-5-7-9-17)28-23-22-21(26-14-27-23)20-18-12-25(3,4)30-13-19(18)16(2)29-24(20)31-22/h5-9,14-15H,10-13H2,1-4H3,(H,26,27,28)/t15-/m0/s1. The highest BCUT2D eigenvalue weighted by Gasteiger charge is 2.31. The summed E-state index contributed by atoms with van der Waals surface area (Å²) in [5.41, 5.74) is 5.81. The predicted octanol–water partition coefficient (Wildman–Crippen LogP) is 5.83. The van der Waals surface area contributed by atoms with E-state index in [1.165, 1.54) is 22.1 Å². The molecule has 1 atom stereocenters. The van der Waals surface area contributed by atoms with Crippen LogP contribution in [0.25, 0.3) is 20.4 Å². The Hall–Kier alpha value is -2.57. The lowest BCUT2D eigenvalue weighted by Gasteiger charge is -2.32. The van der Waals surface area contributed by atoms with Crippen molar-refractivity contribution in [3.63, 3.8) is 0 Å². The van der Waals surface area contributed by atoms with Crippen LogP contribution in [-0.4, -0.2) is 26.6 Å². The third-order valence-electron chi connectivity index (χ3n) is 6.13. The van der Waals surface area contributed by atoms with E-state index in [4.69, 9.17) is 14.7 Å². The van der Waals surface area contributed by atoms with Crippen LogP contribution in [0.4, 0.5) is 5.82 Å². The van der Waals surface area contributed by atoms with E-state index in [0.717, 1.165) is 45.8 Å². The van der Waals surface area contributed by atoms with Crippen molar-refractivity contribution in [1.29, 1.82) is 0 Å². The zero-order valence-corrected chi connectivity index (χ0v) is 19.3. The smallest absolute Gasteiger partial charge is 0.147 e. The molecule has 0 bridgehead atoms. The average molecular weight is 433 g/mol. The molecule has 0 saturated carbocycles. The summed E-state index contributed by atoms with van der Waals surface area (Å²) in [6.45, 7) is 9.22. The first-order valence-electron chi connectivity index (χ1n) is 10.9. The molecule has 1 aliphatic heterocycles. The molecule has 6 heteroatoms. The third kappa shape index (κ3) is 3.90. The van der Waals surface area contributed by atoms with Crippen molar-refractivity contribution < 1.29 is 4.74 Å². The van der Waals surface area contributed by atoms with Gasteiger partial charge >= 0.3 is 0 Å². The van der Waals surface area contributed by atoms with Gasteiger partial charge in [0.1, 0.15) is 17.0 Å². The quantitative estimate of drug-likeness (QED) is 0.430. The minimum atomic E-state index is -0.179. The molecule has 0 amide bonds. The predicted molar refractivity (Wildman–Crippen MR) is 128 cm³/mol. The van der Waals surface area contributed by atoms with E-state index in [1.54, 1.807) is 17.7 Å². The van der Waals surface area contributed by atoms with Gasteiger partial charge in [0.15, 0.2) is 0 Å². The zero-order chi connectivity index (χ0) is 21.6. The number of ether oxygens (including phenoxy) is 1. The van der Waals surface area contributed by atoms with E-state index in [-0.39, 0.29) is 5.60 Å². The molecule has 1 aliphatic rings. The Morgan fingerprint density at radius 1 is 1.16 bits per heavy atom. The van der Waals surface area contributed by atoms with Crippen LogP contribution in [-0.2, 0) is 24.2 Å². The molecule has 3 aromatic heterocycles. The number of fused-ring (bicyclic) bond motifs is 5. The van der Waals surface area contributed by atoms with Crippen LogP contribution in [0.5, 0.6) is 0 Å². The molecule has 0 fully saturated rings. The monoisotopic (exact) mass is 432 g/mol. The van der Waals surface area contributed by atoms with Gasteiger partial charge < -0.3 is 10.1 Å². The van der Waals surface area contributed by atoms with E-state index < -0.39 is 0 Å². The largest absolute Gasteiger partial charge is 0.370 e. The number of anilines is 1. The summed E-state index contributed by atoms with van der Waals surface area (Å²) in [5, 5.41) is 4.81. The van der Waals surface area contributed by atoms with Gasteiger partial charge in [-0.3, -0.25) is 0 Å². The number of benzene rings is 1. The lowest BCUT2D eigenvalue weighted by Crippen LogP contribution is -2.32. The van der Waals surface area contributed by atoms with E-state index in [9.17, 15) is 0 Å². The first kappa shape index (κ1) is 20.3. The summed E-state index contributed by atoms with van der Waals surface area (Å²) in [5.74, 6) is 0.909. The molecule has 5 nitrogen and oxygen atoms in total. The summed E-state index contributed by atoms with van der Waals surface area (Å²) in [6, 6.07) is 10.9. The molecule has 5 rings (SSSR count). The molecule has 4 heterocycles. The van der Waals surface area contributed by atoms with Gasteiger partial charge in [0.2, 0.25) is 0 Å². The Kier molecular flexibility index (Phi) is 5.15. The van der Waals surface area contributed by atoms with Gasteiger partial charge in [0, 0.05) is 29.1 Å². The van der Waals surface area contributed by atoms with Crippen molar-refractivity contribution in [2.45, 2.75) is 65.2 Å². The number of thiophene rings is 1. The Labute approximate surface area is 186 Å². The van der Waals surface area contributed by atoms with E-state index in [1.807, 2.05) is 0 Å². The second kappa shape index (κ2) is 7.84. The van der Waals surface area contributed by atoms with Gasteiger partial charge in [-0.25, -0.2) is 15.0 Å². The number of nitrogens with zero attached hydrogens (tertiary/aromatic N) is 3. The molecule has 1 aromatic carbocycles. The molecule has 0 saturated heterocycles. The molecule has 0 spiro atoms. The van der Waals surface area contributed by atoms with Crippen molar-refractivity contribution in [2.24, 2.45) is 0 Å². The van der Waals surface area contributed by atoms with Crippen LogP contribution in [0, 0.1) is 6.92 Å². The normalized spacial score (nSPS) is 16.4. The number of hydrogen-bond acceptors (Lipinski definition) is 6. The Balaban J connectivity index is 1.50. The number of hydrogen-bond donors (Lipinski definition) is 1. The average Bonchev–Trinajstić information content (AvgIpc) is 3.12. The maximum Gasteiger partial charge on any atom is 0.147 e. The van der Waals surface area contributed by atoms with Crippen molar-refractivity contribution in [1.82, 2.24) is 15.0 Å². The van der Waals surface area contributed by atoms with E-state index in [0.29, 0.717) is 12.6 Å². The molecule has 0 aliphatic carbocycles. The molecule has 1 N–H and O–H groups in total. The molecule has 0 radical (unpaired) electrons. The minimum absolute atomic E-state index is 0.179. The maximum atomic E-state index is 6.07. The van der Waals surface area contributed by atoms with Gasteiger partial charge in [0.25, 0.3) is 0 Å². The summed E-state index contributed by atoms with van der Waals surface area (Å²) in [6.07, 6.45) is 4.63. The molecule has 4 aromatic rings. The highest BCUT2D eigenvalue weighted by molar-refractivity contribution is 7.26. The van der Waals surface area contributed by atoms with Gasteiger partial charge in [-0.2, -0.15) is 0 Å². The fourth-order valence-electron chi connectivity index (χ4n) is 4.40. The lowest BCUT2D eigenvalue weighted by molar-refractivity contribution is -0.0400. The van der Waals surface area contributed by atoms with Crippen LogP contribution in [0.3, 0.4) is 0 Å². The summed E-state index contributed by atoms with van der Waals surface area (Å²) >= 11 is 1.69. The summed E-state index contributed by atoms with van der Waals surface area (Å²) in [4.78, 5) is 15.2. The van der Waals surface area contributed by atoms with Crippen LogP contribution >= 0.6 is 11.3 Å². The minimum Gasteiger partial charge on any atom is -0.370 e. The highest BCUT2D eigenvalue weighted by atomic mass is 32.1. The first-order chi connectivity index (χ1) is 14.9. The Bertz CT molecular complexity index is 1250. The fraction of sp³-hybridized carbons (Fsp3) is 0.400. The highest BCUT2D eigenvalue weighted by Crippen LogP contribution is 2.42. The van der Waals surface area contributed by atoms with Crippen LogP contribution in [0.1, 0.15) is 49.6 Å². The van der Waals surface area contributed by atoms with Gasteiger partial charge in [-0.15, -0.1) is 11.3 Å². The molecular weight excluding hydrogens is 404 g/mol. The molecule has 160 valence electrons. The van der Waals surface area contributed by atoms with Crippen LogP contribution in [0.2, 0.25) is 0 Å². The number of rotatable bonds is 5. The SMILES string of the molecule is Cc1nc2sc3c(N[C@@H](C)CCc4ccccc4)ncnc3c2c2c1COC(C)(C)C2. The lowest BCUT2D eigenvalue weighted by atomic mass is 9.89.